The Balaban J connectivity index is 1.90. The number of nitrogens with zero attached hydrogens (tertiary/aromatic N) is 2. The highest BCUT2D eigenvalue weighted by atomic mass is 79.9. The third-order valence-electron chi connectivity index (χ3n) is 3.08. The van der Waals surface area contributed by atoms with E-state index in [1.165, 1.54) is 6.07 Å². The molecule has 0 atom stereocenters. The van der Waals surface area contributed by atoms with E-state index in [4.69, 9.17) is 0 Å². The summed E-state index contributed by atoms with van der Waals surface area (Å²) in [6, 6.07) is 3.18. The van der Waals surface area contributed by atoms with Crippen molar-refractivity contribution in [2.45, 2.75) is 4.21 Å². The molecule has 0 aromatic carbocycles. The fraction of sp³-hybridized carbons (Fsp3) is 0.545. The molecule has 1 fully saturated rings. The van der Waals surface area contributed by atoms with Gasteiger partial charge in [0, 0.05) is 26.2 Å². The van der Waals surface area contributed by atoms with E-state index in [9.17, 15) is 13.2 Å². The number of nitrogens with one attached hydrogen (secondary N) is 1. The van der Waals surface area contributed by atoms with Crippen LogP contribution < -0.4 is 4.72 Å². The van der Waals surface area contributed by atoms with Crippen molar-refractivity contribution in [3.8, 4) is 0 Å². The van der Waals surface area contributed by atoms with Crippen molar-refractivity contribution in [3.63, 3.8) is 0 Å². The largest absolute Gasteiger partial charge is 0.339 e. The predicted molar refractivity (Wildman–Crippen MR) is 81.3 cm³/mol. The Morgan fingerprint density at radius 3 is 2.55 bits per heavy atom. The lowest BCUT2D eigenvalue weighted by Crippen LogP contribution is -2.49. The standard InChI is InChI=1S/C11H16BrN3O3S2/c1-14-4-6-15(7-5-14)10(16)8-13-20(17,18)11-3-2-9(12)19-11/h2-3,13H,4-8H2,1H3. The van der Waals surface area contributed by atoms with Crippen LogP contribution in [0.1, 0.15) is 0 Å². The van der Waals surface area contributed by atoms with E-state index in [2.05, 4.69) is 25.6 Å². The van der Waals surface area contributed by atoms with Crippen LogP contribution in [0.25, 0.3) is 0 Å². The van der Waals surface area contributed by atoms with E-state index in [1.807, 2.05) is 7.05 Å². The van der Waals surface area contributed by atoms with Crippen LogP contribution in [0.2, 0.25) is 0 Å². The van der Waals surface area contributed by atoms with Crippen LogP contribution in [0.15, 0.2) is 20.1 Å². The van der Waals surface area contributed by atoms with Crippen LogP contribution in [0.5, 0.6) is 0 Å². The number of thiophene rings is 1. The van der Waals surface area contributed by atoms with Crippen LogP contribution in [-0.4, -0.2) is 63.9 Å². The van der Waals surface area contributed by atoms with Gasteiger partial charge in [0.05, 0.1) is 10.3 Å². The molecular weight excluding hydrogens is 366 g/mol. The maximum atomic E-state index is 12.0. The van der Waals surface area contributed by atoms with Gasteiger partial charge in [-0.2, -0.15) is 0 Å². The maximum Gasteiger partial charge on any atom is 0.250 e. The van der Waals surface area contributed by atoms with Gasteiger partial charge in [0.2, 0.25) is 5.91 Å². The molecule has 2 heterocycles. The van der Waals surface area contributed by atoms with E-state index in [0.29, 0.717) is 13.1 Å². The maximum absolute atomic E-state index is 12.0. The first-order chi connectivity index (χ1) is 9.38. The van der Waals surface area contributed by atoms with E-state index < -0.39 is 10.0 Å². The first kappa shape index (κ1) is 15.9. The van der Waals surface area contributed by atoms with E-state index in [1.54, 1.807) is 11.0 Å². The summed E-state index contributed by atoms with van der Waals surface area (Å²) >= 11 is 4.34. The van der Waals surface area contributed by atoms with Crippen molar-refractivity contribution >= 4 is 43.2 Å². The highest BCUT2D eigenvalue weighted by molar-refractivity contribution is 9.11. The number of halogens is 1. The quantitative estimate of drug-likeness (QED) is 0.827. The van der Waals surface area contributed by atoms with Gasteiger partial charge in [0.1, 0.15) is 4.21 Å². The number of carbonyl (C=O) groups excluding carboxylic acids is 1. The van der Waals surface area contributed by atoms with Crippen molar-refractivity contribution in [3.05, 3.63) is 15.9 Å². The van der Waals surface area contributed by atoms with Gasteiger partial charge >= 0.3 is 0 Å². The summed E-state index contributed by atoms with van der Waals surface area (Å²) in [4.78, 5) is 15.8. The number of likely N-dealkylation sites (N-methyl/N-ethyl adjacent to an activating group) is 1. The van der Waals surface area contributed by atoms with Crippen molar-refractivity contribution in [2.75, 3.05) is 39.8 Å². The second-order valence-electron chi connectivity index (χ2n) is 4.57. The van der Waals surface area contributed by atoms with Gasteiger partial charge in [-0.3, -0.25) is 4.79 Å². The summed E-state index contributed by atoms with van der Waals surface area (Å²) in [7, 11) is -1.60. The second-order valence-corrected chi connectivity index (χ2v) is 9.02. The molecule has 1 aromatic heterocycles. The van der Waals surface area contributed by atoms with Crippen molar-refractivity contribution in [1.82, 2.24) is 14.5 Å². The molecule has 1 amide bonds. The lowest BCUT2D eigenvalue weighted by Gasteiger charge is -2.32. The van der Waals surface area contributed by atoms with Gasteiger partial charge in [-0.05, 0) is 35.1 Å². The van der Waals surface area contributed by atoms with Crippen molar-refractivity contribution < 1.29 is 13.2 Å². The molecule has 0 bridgehead atoms. The number of hydrogen-bond donors (Lipinski definition) is 1. The molecule has 1 N–H and O–H groups in total. The molecule has 0 aliphatic carbocycles. The van der Waals surface area contributed by atoms with Gasteiger partial charge in [-0.15, -0.1) is 11.3 Å². The molecule has 1 aromatic rings. The van der Waals surface area contributed by atoms with Gasteiger partial charge < -0.3 is 9.80 Å². The van der Waals surface area contributed by atoms with Gasteiger partial charge in [-0.1, -0.05) is 0 Å². The molecule has 0 radical (unpaired) electrons. The van der Waals surface area contributed by atoms with E-state index in [-0.39, 0.29) is 16.7 Å². The van der Waals surface area contributed by atoms with Crippen LogP contribution in [0, 0.1) is 0 Å². The number of rotatable bonds is 4. The molecule has 9 heteroatoms. The Hall–Kier alpha value is -0.480. The smallest absolute Gasteiger partial charge is 0.250 e. The van der Waals surface area contributed by atoms with Crippen LogP contribution in [0.3, 0.4) is 0 Å². The summed E-state index contributed by atoms with van der Waals surface area (Å²) in [5.41, 5.74) is 0. The Kier molecular flexibility index (Phi) is 5.19. The summed E-state index contributed by atoms with van der Waals surface area (Å²) in [5.74, 6) is -0.183. The lowest BCUT2D eigenvalue weighted by molar-refractivity contribution is -0.131. The molecule has 1 aliphatic heterocycles. The zero-order valence-corrected chi connectivity index (χ0v) is 14.2. The minimum atomic E-state index is -3.60. The Bertz CT molecular complexity index is 579. The molecule has 112 valence electrons. The van der Waals surface area contributed by atoms with Crippen molar-refractivity contribution in [2.24, 2.45) is 0 Å². The number of piperazine rings is 1. The SMILES string of the molecule is CN1CCN(C(=O)CNS(=O)(=O)c2ccc(Br)s2)CC1. The Morgan fingerprint density at radius 2 is 2.00 bits per heavy atom. The third-order valence-corrected chi connectivity index (χ3v) is 6.60. The van der Waals surface area contributed by atoms with Gasteiger partial charge in [-0.25, -0.2) is 13.1 Å². The summed E-state index contributed by atoms with van der Waals surface area (Å²) in [5, 5.41) is 0. The third kappa shape index (κ3) is 4.01. The number of amides is 1. The zero-order chi connectivity index (χ0) is 14.8. The Labute approximate surface area is 130 Å². The van der Waals surface area contributed by atoms with Gasteiger partial charge in [0.15, 0.2) is 0 Å². The van der Waals surface area contributed by atoms with Crippen LogP contribution in [0.4, 0.5) is 0 Å². The lowest BCUT2D eigenvalue weighted by atomic mass is 10.3. The normalized spacial score (nSPS) is 17.4. The summed E-state index contributed by atoms with van der Waals surface area (Å²) < 4.78 is 27.3. The number of carbonyl (C=O) groups is 1. The van der Waals surface area contributed by atoms with Crippen LogP contribution >= 0.6 is 27.3 Å². The molecule has 6 nitrogen and oxygen atoms in total. The molecule has 0 unspecified atom stereocenters. The first-order valence-electron chi connectivity index (χ1n) is 6.10. The highest BCUT2D eigenvalue weighted by Gasteiger charge is 2.22. The molecular formula is C11H16BrN3O3S2. The average molecular weight is 382 g/mol. The zero-order valence-electron chi connectivity index (χ0n) is 11.0. The molecule has 1 aliphatic rings. The summed E-state index contributed by atoms with van der Waals surface area (Å²) in [6.07, 6.45) is 0. The molecule has 2 rings (SSSR count). The van der Waals surface area contributed by atoms with E-state index in [0.717, 1.165) is 28.2 Å². The fourth-order valence-corrected chi connectivity index (χ4v) is 4.87. The monoisotopic (exact) mass is 381 g/mol. The molecule has 0 saturated carbocycles. The average Bonchev–Trinajstić information content (AvgIpc) is 2.84. The minimum Gasteiger partial charge on any atom is -0.339 e. The number of hydrogen-bond acceptors (Lipinski definition) is 5. The fourth-order valence-electron chi connectivity index (χ4n) is 1.84. The first-order valence-corrected chi connectivity index (χ1v) is 9.19. The van der Waals surface area contributed by atoms with Crippen LogP contribution in [-0.2, 0) is 14.8 Å². The molecule has 0 spiro atoms. The van der Waals surface area contributed by atoms with Crippen molar-refractivity contribution in [1.29, 1.82) is 0 Å². The second kappa shape index (κ2) is 6.52. The topological polar surface area (TPSA) is 69.7 Å². The van der Waals surface area contributed by atoms with Gasteiger partial charge in [0.25, 0.3) is 10.0 Å². The molecule has 1 saturated heterocycles. The summed E-state index contributed by atoms with van der Waals surface area (Å²) in [6.45, 7) is 2.72. The highest BCUT2D eigenvalue weighted by Crippen LogP contribution is 2.25. The Morgan fingerprint density at radius 1 is 1.35 bits per heavy atom. The molecule has 20 heavy (non-hydrogen) atoms. The predicted octanol–water partition coefficient (Wildman–Crippen LogP) is 0.563. The van der Waals surface area contributed by atoms with E-state index >= 15 is 0 Å². The minimum absolute atomic E-state index is 0.183. The number of sulfonamides is 1.